The van der Waals surface area contributed by atoms with Crippen LogP contribution in [0.5, 0.6) is 0 Å². The van der Waals surface area contributed by atoms with Gasteiger partial charge in [0.05, 0.1) is 0 Å². The van der Waals surface area contributed by atoms with Crippen LogP contribution in [0.3, 0.4) is 0 Å². The first-order valence-electron chi connectivity index (χ1n) is 7.67. The zero-order valence-electron chi connectivity index (χ0n) is 12.9. The molecule has 0 unspecified atom stereocenters. The number of amides is 2. The Morgan fingerprint density at radius 1 is 1.00 bits per heavy atom. The van der Waals surface area contributed by atoms with Crippen molar-refractivity contribution < 1.29 is 14.3 Å². The number of urea groups is 1. The van der Waals surface area contributed by atoms with Gasteiger partial charge >= 0.3 is 12.0 Å². The monoisotopic (exact) mass is 282 g/mol. The third kappa shape index (κ3) is 3.64. The van der Waals surface area contributed by atoms with Crippen molar-refractivity contribution >= 4 is 12.0 Å². The Bertz CT molecular complexity index is 370. The molecule has 5 nitrogen and oxygen atoms in total. The summed E-state index contributed by atoms with van der Waals surface area (Å²) < 4.78 is 5.44. The lowest BCUT2D eigenvalue weighted by atomic mass is 10.1. The molecule has 114 valence electrons. The van der Waals surface area contributed by atoms with Gasteiger partial charge in [-0.25, -0.2) is 9.59 Å². The normalized spacial score (nSPS) is 23.9. The summed E-state index contributed by atoms with van der Waals surface area (Å²) in [7, 11) is 0. The molecule has 0 aromatic carbocycles. The van der Waals surface area contributed by atoms with Crippen LogP contribution in [0.4, 0.5) is 4.79 Å². The first kappa shape index (κ1) is 15.1. The molecular formula is C15H26N2O3. The number of nitrogens with zero attached hydrogens (tertiary/aromatic N) is 2. The van der Waals surface area contributed by atoms with Crippen molar-refractivity contribution in [3.63, 3.8) is 0 Å². The average molecular weight is 282 g/mol. The maximum absolute atomic E-state index is 12.5. The van der Waals surface area contributed by atoms with E-state index < -0.39 is 11.6 Å². The molecule has 2 fully saturated rings. The van der Waals surface area contributed by atoms with E-state index in [2.05, 4.69) is 0 Å². The highest BCUT2D eigenvalue weighted by Gasteiger charge is 2.38. The predicted octanol–water partition coefficient (Wildman–Crippen LogP) is 2.40. The summed E-state index contributed by atoms with van der Waals surface area (Å²) in [5, 5.41) is 0. The van der Waals surface area contributed by atoms with Crippen LogP contribution >= 0.6 is 0 Å². The van der Waals surface area contributed by atoms with Gasteiger partial charge in [-0.3, -0.25) is 0 Å². The largest absolute Gasteiger partial charge is 0.458 e. The van der Waals surface area contributed by atoms with Gasteiger partial charge in [0.15, 0.2) is 0 Å². The maximum atomic E-state index is 12.5. The summed E-state index contributed by atoms with van der Waals surface area (Å²) in [6, 6.07) is -0.387. The zero-order valence-corrected chi connectivity index (χ0v) is 12.9. The van der Waals surface area contributed by atoms with Crippen molar-refractivity contribution in [2.75, 3.05) is 19.6 Å². The van der Waals surface area contributed by atoms with Gasteiger partial charge in [-0.15, -0.1) is 0 Å². The Kier molecular flexibility index (Phi) is 4.55. The van der Waals surface area contributed by atoms with Crippen LogP contribution in [0.25, 0.3) is 0 Å². The van der Waals surface area contributed by atoms with E-state index in [9.17, 15) is 9.59 Å². The second-order valence-electron chi connectivity index (χ2n) is 6.72. The molecule has 2 aliphatic heterocycles. The lowest BCUT2D eigenvalue weighted by Gasteiger charge is -2.34. The summed E-state index contributed by atoms with van der Waals surface area (Å²) in [5.41, 5.74) is -0.500. The minimum Gasteiger partial charge on any atom is -0.458 e. The molecule has 2 saturated heterocycles. The second kappa shape index (κ2) is 6.02. The fourth-order valence-corrected chi connectivity index (χ4v) is 2.88. The summed E-state index contributed by atoms with van der Waals surface area (Å²) in [6.45, 7) is 7.87. The minimum atomic E-state index is -0.500. The molecule has 2 aliphatic rings. The van der Waals surface area contributed by atoms with Crippen LogP contribution in [0.15, 0.2) is 0 Å². The highest BCUT2D eigenvalue weighted by molar-refractivity contribution is 5.84. The first-order valence-corrected chi connectivity index (χ1v) is 7.67. The van der Waals surface area contributed by atoms with Crippen molar-refractivity contribution in [2.45, 2.75) is 64.5 Å². The Morgan fingerprint density at radius 2 is 1.65 bits per heavy atom. The summed E-state index contributed by atoms with van der Waals surface area (Å²) in [5.74, 6) is -0.264. The molecule has 2 amide bonds. The SMILES string of the molecule is CC(C)(C)OC(=O)[C@H]1CCCN1C(=O)N1CCCCC1. The molecule has 2 heterocycles. The number of esters is 1. The first-order chi connectivity index (χ1) is 9.38. The van der Waals surface area contributed by atoms with Gasteiger partial charge < -0.3 is 14.5 Å². The molecule has 20 heavy (non-hydrogen) atoms. The van der Waals surface area contributed by atoms with Crippen LogP contribution < -0.4 is 0 Å². The van der Waals surface area contributed by atoms with E-state index in [1.807, 2.05) is 25.7 Å². The van der Waals surface area contributed by atoms with Gasteiger partial charge in [-0.2, -0.15) is 0 Å². The number of hydrogen-bond donors (Lipinski definition) is 0. The fourth-order valence-electron chi connectivity index (χ4n) is 2.88. The number of likely N-dealkylation sites (tertiary alicyclic amines) is 2. The molecule has 5 heteroatoms. The van der Waals surface area contributed by atoms with Crippen LogP contribution in [0.1, 0.15) is 52.9 Å². The number of carbonyl (C=O) groups excluding carboxylic acids is 2. The van der Waals surface area contributed by atoms with Gasteiger partial charge in [0.2, 0.25) is 0 Å². The molecular weight excluding hydrogens is 256 g/mol. The topological polar surface area (TPSA) is 49.9 Å². The van der Waals surface area contributed by atoms with Crippen LogP contribution in [-0.4, -0.2) is 53.1 Å². The number of rotatable bonds is 1. The average Bonchev–Trinajstić information content (AvgIpc) is 2.86. The zero-order chi connectivity index (χ0) is 14.8. The van der Waals surface area contributed by atoms with Crippen molar-refractivity contribution in [2.24, 2.45) is 0 Å². The lowest BCUT2D eigenvalue weighted by Crippen LogP contribution is -2.50. The van der Waals surface area contributed by atoms with Gasteiger partial charge in [0.1, 0.15) is 11.6 Å². The van der Waals surface area contributed by atoms with E-state index in [1.54, 1.807) is 4.90 Å². The molecule has 0 saturated carbocycles. The highest BCUT2D eigenvalue weighted by atomic mass is 16.6. The number of hydrogen-bond acceptors (Lipinski definition) is 3. The van der Waals surface area contributed by atoms with Gasteiger partial charge in [-0.05, 0) is 52.9 Å². The quantitative estimate of drug-likeness (QED) is 0.694. The standard InChI is InChI=1S/C15H26N2O3/c1-15(2,3)20-13(18)12-8-7-11-17(12)14(19)16-9-5-4-6-10-16/h12H,4-11H2,1-3H3/t12-/m1/s1. The summed E-state index contributed by atoms with van der Waals surface area (Å²) in [4.78, 5) is 28.3. The molecule has 0 spiro atoms. The van der Waals surface area contributed by atoms with E-state index in [1.165, 1.54) is 6.42 Å². The Hall–Kier alpha value is -1.26. The summed E-state index contributed by atoms with van der Waals surface area (Å²) in [6.07, 6.45) is 4.92. The Labute approximate surface area is 121 Å². The van der Waals surface area contributed by atoms with E-state index in [-0.39, 0.29) is 12.0 Å². The van der Waals surface area contributed by atoms with E-state index in [0.29, 0.717) is 13.0 Å². The molecule has 0 radical (unpaired) electrons. The molecule has 0 aromatic rings. The fraction of sp³-hybridized carbons (Fsp3) is 0.867. The van der Waals surface area contributed by atoms with Gasteiger partial charge in [0.25, 0.3) is 0 Å². The molecule has 0 aromatic heterocycles. The van der Waals surface area contributed by atoms with Crippen molar-refractivity contribution in [3.05, 3.63) is 0 Å². The van der Waals surface area contributed by atoms with Crippen molar-refractivity contribution in [1.82, 2.24) is 9.80 Å². The molecule has 0 bridgehead atoms. The highest BCUT2D eigenvalue weighted by Crippen LogP contribution is 2.23. The van der Waals surface area contributed by atoms with Gasteiger partial charge in [0, 0.05) is 19.6 Å². The van der Waals surface area contributed by atoms with Crippen LogP contribution in [0.2, 0.25) is 0 Å². The third-order valence-corrected chi connectivity index (χ3v) is 3.80. The van der Waals surface area contributed by atoms with Gasteiger partial charge in [-0.1, -0.05) is 0 Å². The third-order valence-electron chi connectivity index (χ3n) is 3.80. The number of carbonyl (C=O) groups is 2. The lowest BCUT2D eigenvalue weighted by molar-refractivity contribution is -0.159. The molecule has 0 aliphatic carbocycles. The number of ether oxygens (including phenoxy) is 1. The molecule has 2 rings (SSSR count). The predicted molar refractivity (Wildman–Crippen MR) is 76.4 cm³/mol. The minimum absolute atomic E-state index is 0.0121. The van der Waals surface area contributed by atoms with Crippen molar-refractivity contribution in [3.8, 4) is 0 Å². The maximum Gasteiger partial charge on any atom is 0.329 e. The Balaban J connectivity index is 1.99. The molecule has 1 atom stereocenters. The van der Waals surface area contributed by atoms with Crippen LogP contribution in [0, 0.1) is 0 Å². The Morgan fingerprint density at radius 3 is 2.25 bits per heavy atom. The second-order valence-corrected chi connectivity index (χ2v) is 6.72. The van der Waals surface area contributed by atoms with E-state index in [4.69, 9.17) is 4.74 Å². The van der Waals surface area contributed by atoms with Crippen LogP contribution in [-0.2, 0) is 9.53 Å². The smallest absolute Gasteiger partial charge is 0.329 e. The van der Waals surface area contributed by atoms with E-state index in [0.717, 1.165) is 32.4 Å². The van der Waals surface area contributed by atoms with Crippen molar-refractivity contribution in [1.29, 1.82) is 0 Å². The summed E-state index contributed by atoms with van der Waals surface area (Å²) >= 11 is 0. The number of piperidine rings is 1. The molecule has 0 N–H and O–H groups in total. The van der Waals surface area contributed by atoms with E-state index >= 15 is 0 Å².